The SMILES string of the molecule is CCn1cnc2[nH]c3cc(C(=O)N4CCOCC4)nn3c(=O)c21. The van der Waals surface area contributed by atoms with Gasteiger partial charge in [0.25, 0.3) is 5.91 Å². The van der Waals surface area contributed by atoms with E-state index in [1.807, 2.05) is 6.92 Å². The smallest absolute Gasteiger partial charge is 0.300 e. The molecule has 0 aliphatic carbocycles. The maximum Gasteiger partial charge on any atom is 0.300 e. The highest BCUT2D eigenvalue weighted by Crippen LogP contribution is 2.11. The van der Waals surface area contributed by atoms with Gasteiger partial charge in [-0.15, -0.1) is 0 Å². The van der Waals surface area contributed by atoms with Crippen LogP contribution in [0, 0.1) is 0 Å². The van der Waals surface area contributed by atoms with Gasteiger partial charge in [-0.05, 0) is 6.92 Å². The number of rotatable bonds is 2. The standard InChI is InChI=1S/C14H16N6O3/c1-2-18-8-15-12-11(18)14(22)20-10(16-12)7-9(17-20)13(21)19-3-5-23-6-4-19/h7-8,16H,2-6H2,1H3. The Morgan fingerprint density at radius 1 is 1.39 bits per heavy atom. The van der Waals surface area contributed by atoms with Crippen molar-refractivity contribution in [2.75, 3.05) is 26.3 Å². The highest BCUT2D eigenvalue weighted by atomic mass is 16.5. The highest BCUT2D eigenvalue weighted by molar-refractivity contribution is 5.93. The normalized spacial score (nSPS) is 15.6. The van der Waals surface area contributed by atoms with Gasteiger partial charge >= 0.3 is 5.56 Å². The maximum atomic E-state index is 12.6. The molecule has 4 rings (SSSR count). The van der Waals surface area contributed by atoms with Crippen molar-refractivity contribution in [3.05, 3.63) is 28.4 Å². The Kier molecular flexibility index (Phi) is 3.15. The number of hydrogen-bond donors (Lipinski definition) is 1. The number of carbonyl (C=O) groups is 1. The number of imidazole rings is 1. The molecule has 1 aliphatic heterocycles. The molecule has 0 saturated carbocycles. The molecule has 0 unspecified atom stereocenters. The van der Waals surface area contributed by atoms with Crippen LogP contribution in [0.2, 0.25) is 0 Å². The minimum Gasteiger partial charge on any atom is -0.378 e. The summed E-state index contributed by atoms with van der Waals surface area (Å²) < 4.78 is 8.22. The van der Waals surface area contributed by atoms with Crippen molar-refractivity contribution in [1.82, 2.24) is 29.0 Å². The van der Waals surface area contributed by atoms with Crippen LogP contribution in [0.4, 0.5) is 0 Å². The van der Waals surface area contributed by atoms with E-state index in [2.05, 4.69) is 15.1 Å². The average Bonchev–Trinajstić information content (AvgIpc) is 3.19. The first-order chi connectivity index (χ1) is 11.2. The summed E-state index contributed by atoms with van der Waals surface area (Å²) in [5, 5.41) is 4.19. The molecule has 0 spiro atoms. The molecule has 0 radical (unpaired) electrons. The molecule has 9 heteroatoms. The second-order valence-electron chi connectivity index (χ2n) is 5.39. The van der Waals surface area contributed by atoms with Crippen LogP contribution >= 0.6 is 0 Å². The molecule has 1 N–H and O–H groups in total. The summed E-state index contributed by atoms with van der Waals surface area (Å²) in [6.07, 6.45) is 1.61. The third-order valence-electron chi connectivity index (χ3n) is 4.05. The van der Waals surface area contributed by atoms with Gasteiger partial charge in [-0.1, -0.05) is 0 Å². The Morgan fingerprint density at radius 2 is 2.17 bits per heavy atom. The summed E-state index contributed by atoms with van der Waals surface area (Å²) in [6.45, 7) is 4.67. The average molecular weight is 316 g/mol. The lowest BCUT2D eigenvalue weighted by atomic mass is 10.3. The van der Waals surface area contributed by atoms with E-state index in [1.165, 1.54) is 4.52 Å². The van der Waals surface area contributed by atoms with Gasteiger partial charge in [0, 0.05) is 25.7 Å². The van der Waals surface area contributed by atoms with Crippen LogP contribution in [0.15, 0.2) is 17.2 Å². The minimum absolute atomic E-state index is 0.194. The Morgan fingerprint density at radius 3 is 2.91 bits per heavy atom. The fourth-order valence-corrected chi connectivity index (χ4v) is 2.82. The van der Waals surface area contributed by atoms with E-state index in [1.54, 1.807) is 21.9 Å². The number of aromatic nitrogens is 5. The molecule has 4 heterocycles. The largest absolute Gasteiger partial charge is 0.378 e. The summed E-state index contributed by atoms with van der Waals surface area (Å²) in [5.74, 6) is -0.194. The number of amides is 1. The van der Waals surface area contributed by atoms with Crippen LogP contribution in [0.3, 0.4) is 0 Å². The van der Waals surface area contributed by atoms with Gasteiger partial charge in [0.1, 0.15) is 5.65 Å². The molecule has 1 saturated heterocycles. The van der Waals surface area contributed by atoms with Gasteiger partial charge in [-0.25, -0.2) is 4.98 Å². The zero-order valence-electron chi connectivity index (χ0n) is 12.7. The topological polar surface area (TPSA) is 97.5 Å². The van der Waals surface area contributed by atoms with Crippen LogP contribution < -0.4 is 5.56 Å². The molecule has 1 fully saturated rings. The number of H-pyrrole nitrogens is 1. The van der Waals surface area contributed by atoms with Crippen molar-refractivity contribution in [2.45, 2.75) is 13.5 Å². The van der Waals surface area contributed by atoms with Gasteiger partial charge < -0.3 is 19.2 Å². The van der Waals surface area contributed by atoms with E-state index in [0.717, 1.165) is 0 Å². The molecular formula is C14H16N6O3. The molecular weight excluding hydrogens is 300 g/mol. The molecule has 23 heavy (non-hydrogen) atoms. The third-order valence-corrected chi connectivity index (χ3v) is 4.05. The molecule has 1 aliphatic rings. The van der Waals surface area contributed by atoms with Crippen LogP contribution in [0.1, 0.15) is 17.4 Å². The molecule has 120 valence electrons. The number of aromatic amines is 1. The first-order valence-electron chi connectivity index (χ1n) is 7.53. The number of aryl methyl sites for hydroxylation is 1. The number of nitrogens with one attached hydrogen (secondary N) is 1. The molecule has 9 nitrogen and oxygen atoms in total. The van der Waals surface area contributed by atoms with E-state index in [0.29, 0.717) is 49.7 Å². The van der Waals surface area contributed by atoms with Gasteiger partial charge in [0.2, 0.25) is 0 Å². The first-order valence-corrected chi connectivity index (χ1v) is 7.53. The van der Waals surface area contributed by atoms with Gasteiger partial charge in [0.05, 0.1) is 19.5 Å². The Bertz CT molecular complexity index is 947. The summed E-state index contributed by atoms with van der Waals surface area (Å²) in [4.78, 5) is 34.0. The third kappa shape index (κ3) is 2.12. The quantitative estimate of drug-likeness (QED) is 0.710. The van der Waals surface area contributed by atoms with Gasteiger partial charge in [-0.2, -0.15) is 9.61 Å². The maximum absolute atomic E-state index is 12.6. The Hall–Kier alpha value is -2.68. The summed E-state index contributed by atoms with van der Waals surface area (Å²) in [6, 6.07) is 1.59. The lowest BCUT2D eigenvalue weighted by Crippen LogP contribution is -2.40. The lowest BCUT2D eigenvalue weighted by Gasteiger charge is -2.25. The van der Waals surface area contributed by atoms with E-state index in [4.69, 9.17) is 4.74 Å². The Balaban J connectivity index is 1.83. The molecule has 3 aromatic heterocycles. The van der Waals surface area contributed by atoms with Crippen molar-refractivity contribution < 1.29 is 9.53 Å². The summed E-state index contributed by atoms with van der Waals surface area (Å²) >= 11 is 0. The van der Waals surface area contributed by atoms with E-state index in [-0.39, 0.29) is 17.2 Å². The van der Waals surface area contributed by atoms with E-state index in [9.17, 15) is 9.59 Å². The second kappa shape index (κ2) is 5.20. The Labute approximate surface area is 130 Å². The van der Waals surface area contributed by atoms with E-state index >= 15 is 0 Å². The fraction of sp³-hybridized carbons (Fsp3) is 0.429. The molecule has 0 atom stereocenters. The number of hydrogen-bond acceptors (Lipinski definition) is 5. The first kappa shape index (κ1) is 13.9. The van der Waals surface area contributed by atoms with Crippen molar-refractivity contribution in [3.63, 3.8) is 0 Å². The highest BCUT2D eigenvalue weighted by Gasteiger charge is 2.22. The van der Waals surface area contributed by atoms with Crippen LogP contribution in [-0.4, -0.2) is 61.3 Å². The van der Waals surface area contributed by atoms with Crippen molar-refractivity contribution in [1.29, 1.82) is 0 Å². The van der Waals surface area contributed by atoms with Crippen LogP contribution in [0.25, 0.3) is 16.8 Å². The van der Waals surface area contributed by atoms with Crippen molar-refractivity contribution in [3.8, 4) is 0 Å². The summed E-state index contributed by atoms with van der Waals surface area (Å²) in [7, 11) is 0. The predicted octanol–water partition coefficient (Wildman–Crippen LogP) is -0.135. The monoisotopic (exact) mass is 316 g/mol. The molecule has 0 aromatic carbocycles. The zero-order valence-corrected chi connectivity index (χ0v) is 12.7. The van der Waals surface area contributed by atoms with Crippen molar-refractivity contribution >= 4 is 22.7 Å². The molecule has 0 bridgehead atoms. The van der Waals surface area contributed by atoms with Gasteiger partial charge in [-0.3, -0.25) is 9.59 Å². The van der Waals surface area contributed by atoms with Crippen LogP contribution in [0.5, 0.6) is 0 Å². The molecule has 1 amide bonds. The number of fused-ring (bicyclic) bond motifs is 2. The predicted molar refractivity (Wildman–Crippen MR) is 81.5 cm³/mol. The number of ether oxygens (including phenoxy) is 1. The minimum atomic E-state index is -0.283. The van der Waals surface area contributed by atoms with Gasteiger partial charge in [0.15, 0.2) is 16.9 Å². The van der Waals surface area contributed by atoms with Crippen LogP contribution in [-0.2, 0) is 11.3 Å². The summed E-state index contributed by atoms with van der Waals surface area (Å²) in [5.41, 5.74) is 1.37. The molecule has 3 aromatic rings. The fourth-order valence-electron chi connectivity index (χ4n) is 2.82. The lowest BCUT2D eigenvalue weighted by molar-refractivity contribution is 0.0299. The number of carbonyl (C=O) groups excluding carboxylic acids is 1. The number of morpholine rings is 1. The number of nitrogens with zero attached hydrogens (tertiary/aromatic N) is 5. The second-order valence-corrected chi connectivity index (χ2v) is 5.39. The van der Waals surface area contributed by atoms with Crippen molar-refractivity contribution in [2.24, 2.45) is 0 Å². The zero-order chi connectivity index (χ0) is 16.0. The van der Waals surface area contributed by atoms with E-state index < -0.39 is 0 Å².